The first-order chi connectivity index (χ1) is 12.1. The van der Waals surface area contributed by atoms with E-state index < -0.39 is 0 Å². The quantitative estimate of drug-likeness (QED) is 0.744. The highest BCUT2D eigenvalue weighted by Gasteiger charge is 2.08. The monoisotopic (exact) mass is 338 g/mol. The lowest BCUT2D eigenvalue weighted by Crippen LogP contribution is -2.28. The molecule has 0 aliphatic heterocycles. The van der Waals surface area contributed by atoms with Gasteiger partial charge in [0.1, 0.15) is 5.75 Å². The van der Waals surface area contributed by atoms with Crippen molar-refractivity contribution in [2.75, 3.05) is 12.4 Å². The number of benzene rings is 2. The molecule has 2 amide bonds. The van der Waals surface area contributed by atoms with Crippen molar-refractivity contribution in [3.8, 4) is 17.1 Å². The van der Waals surface area contributed by atoms with E-state index >= 15 is 0 Å². The molecule has 2 N–H and O–H groups in total. The highest BCUT2D eigenvalue weighted by molar-refractivity contribution is 5.89. The fraction of sp³-hybridized carbons (Fsp3) is 0.167. The van der Waals surface area contributed by atoms with Crippen LogP contribution in [-0.4, -0.2) is 23.3 Å². The number of nitrogens with zero attached hydrogens (tertiary/aromatic N) is 2. The lowest BCUT2D eigenvalue weighted by molar-refractivity contribution is 0.251. The van der Waals surface area contributed by atoms with Gasteiger partial charge in [-0.1, -0.05) is 29.4 Å². The topological polar surface area (TPSA) is 89.3 Å². The van der Waals surface area contributed by atoms with E-state index in [1.807, 2.05) is 36.4 Å². The minimum absolute atomic E-state index is 0.294. The van der Waals surface area contributed by atoms with Gasteiger partial charge in [0.15, 0.2) is 0 Å². The Balaban J connectivity index is 1.59. The van der Waals surface area contributed by atoms with Crippen LogP contribution in [0.1, 0.15) is 11.5 Å². The largest absolute Gasteiger partial charge is 0.497 e. The molecule has 0 atom stereocenters. The number of amides is 2. The number of anilines is 1. The van der Waals surface area contributed by atoms with Gasteiger partial charge in [0.05, 0.1) is 7.11 Å². The number of urea groups is 1. The Bertz CT molecular complexity index is 859. The minimum atomic E-state index is -0.294. The zero-order valence-corrected chi connectivity index (χ0v) is 13.9. The maximum atomic E-state index is 12.1. The Kier molecular flexibility index (Phi) is 4.94. The number of methoxy groups -OCH3 is 1. The van der Waals surface area contributed by atoms with Gasteiger partial charge in [0.25, 0.3) is 0 Å². The molecule has 0 aliphatic rings. The third kappa shape index (κ3) is 4.35. The maximum Gasteiger partial charge on any atom is 0.319 e. The predicted molar refractivity (Wildman–Crippen MR) is 93.3 cm³/mol. The molecule has 0 spiro atoms. The minimum Gasteiger partial charge on any atom is -0.497 e. The van der Waals surface area contributed by atoms with E-state index in [4.69, 9.17) is 9.26 Å². The second kappa shape index (κ2) is 7.48. The summed E-state index contributed by atoms with van der Waals surface area (Å²) in [6.07, 6.45) is 0. The SMILES string of the molecule is COc1ccc(CNC(=O)Nc2cccc(-c3noc(C)n3)c2)cc1. The number of carbonyl (C=O) groups is 1. The van der Waals surface area contributed by atoms with Crippen molar-refractivity contribution in [1.82, 2.24) is 15.5 Å². The zero-order chi connectivity index (χ0) is 17.6. The van der Waals surface area contributed by atoms with E-state index in [1.54, 1.807) is 26.2 Å². The average molecular weight is 338 g/mol. The molecule has 0 saturated carbocycles. The van der Waals surface area contributed by atoms with E-state index in [0.29, 0.717) is 23.9 Å². The molecule has 1 aromatic heterocycles. The van der Waals surface area contributed by atoms with Crippen LogP contribution in [0.2, 0.25) is 0 Å². The first-order valence-electron chi connectivity index (χ1n) is 7.72. The molecule has 2 aromatic carbocycles. The summed E-state index contributed by atoms with van der Waals surface area (Å²) >= 11 is 0. The zero-order valence-electron chi connectivity index (χ0n) is 13.9. The summed E-state index contributed by atoms with van der Waals surface area (Å²) < 4.78 is 10.1. The van der Waals surface area contributed by atoms with Crippen molar-refractivity contribution < 1.29 is 14.1 Å². The first-order valence-corrected chi connectivity index (χ1v) is 7.72. The van der Waals surface area contributed by atoms with Gasteiger partial charge in [0, 0.05) is 24.7 Å². The number of aryl methyl sites for hydroxylation is 1. The molecule has 3 aromatic rings. The van der Waals surface area contributed by atoms with E-state index in [-0.39, 0.29) is 6.03 Å². The average Bonchev–Trinajstić information content (AvgIpc) is 3.07. The number of ether oxygens (including phenoxy) is 1. The van der Waals surface area contributed by atoms with E-state index in [1.165, 1.54) is 0 Å². The molecule has 0 saturated heterocycles. The Hall–Kier alpha value is -3.35. The number of aromatic nitrogens is 2. The normalized spacial score (nSPS) is 10.3. The number of nitrogens with one attached hydrogen (secondary N) is 2. The molecule has 0 unspecified atom stereocenters. The molecule has 25 heavy (non-hydrogen) atoms. The fourth-order valence-corrected chi connectivity index (χ4v) is 2.25. The number of hydrogen-bond donors (Lipinski definition) is 2. The van der Waals surface area contributed by atoms with Crippen LogP contribution in [0.3, 0.4) is 0 Å². The van der Waals surface area contributed by atoms with Gasteiger partial charge in [-0.2, -0.15) is 4.98 Å². The van der Waals surface area contributed by atoms with Gasteiger partial charge in [-0.25, -0.2) is 4.79 Å². The van der Waals surface area contributed by atoms with Gasteiger partial charge in [-0.05, 0) is 29.8 Å². The molecule has 128 valence electrons. The smallest absolute Gasteiger partial charge is 0.319 e. The summed E-state index contributed by atoms with van der Waals surface area (Å²) in [5, 5.41) is 9.47. The van der Waals surface area contributed by atoms with Crippen LogP contribution in [0.5, 0.6) is 5.75 Å². The van der Waals surface area contributed by atoms with Crippen LogP contribution < -0.4 is 15.4 Å². The highest BCUT2D eigenvalue weighted by Crippen LogP contribution is 2.20. The fourth-order valence-electron chi connectivity index (χ4n) is 2.25. The van der Waals surface area contributed by atoms with Crippen molar-refractivity contribution in [2.24, 2.45) is 0 Å². The van der Waals surface area contributed by atoms with Gasteiger partial charge in [-0.15, -0.1) is 0 Å². The molecule has 1 heterocycles. The highest BCUT2D eigenvalue weighted by atomic mass is 16.5. The number of hydrogen-bond acceptors (Lipinski definition) is 5. The van der Waals surface area contributed by atoms with E-state index in [0.717, 1.165) is 16.9 Å². The molecule has 7 nitrogen and oxygen atoms in total. The summed E-state index contributed by atoms with van der Waals surface area (Å²) in [4.78, 5) is 16.2. The second-order valence-corrected chi connectivity index (χ2v) is 5.37. The molecule has 3 rings (SSSR count). The lowest BCUT2D eigenvalue weighted by Gasteiger charge is -2.09. The third-order valence-corrected chi connectivity index (χ3v) is 3.52. The molecular formula is C18H18N4O3. The Morgan fingerprint density at radius 1 is 1.20 bits per heavy atom. The summed E-state index contributed by atoms with van der Waals surface area (Å²) in [7, 11) is 1.62. The summed E-state index contributed by atoms with van der Waals surface area (Å²) in [5.74, 6) is 1.76. The van der Waals surface area contributed by atoms with Crippen LogP contribution in [0, 0.1) is 6.92 Å². The van der Waals surface area contributed by atoms with Crippen molar-refractivity contribution in [3.63, 3.8) is 0 Å². The molecule has 0 bridgehead atoms. The van der Waals surface area contributed by atoms with Gasteiger partial charge in [-0.3, -0.25) is 0 Å². The van der Waals surface area contributed by atoms with Crippen LogP contribution in [0.4, 0.5) is 10.5 Å². The van der Waals surface area contributed by atoms with Crippen molar-refractivity contribution in [2.45, 2.75) is 13.5 Å². The predicted octanol–water partition coefficient (Wildman–Crippen LogP) is 3.38. The molecule has 7 heteroatoms. The van der Waals surface area contributed by atoms with Crippen molar-refractivity contribution in [1.29, 1.82) is 0 Å². The van der Waals surface area contributed by atoms with Crippen molar-refractivity contribution in [3.05, 3.63) is 60.0 Å². The standard InChI is InChI=1S/C18H18N4O3/c1-12-20-17(22-25-12)14-4-3-5-15(10-14)21-18(23)19-11-13-6-8-16(24-2)9-7-13/h3-10H,11H2,1-2H3,(H2,19,21,23). The van der Waals surface area contributed by atoms with E-state index in [9.17, 15) is 4.79 Å². The van der Waals surface area contributed by atoms with Gasteiger partial charge >= 0.3 is 6.03 Å². The maximum absolute atomic E-state index is 12.1. The molecular weight excluding hydrogens is 320 g/mol. The van der Waals surface area contributed by atoms with Gasteiger partial charge in [0.2, 0.25) is 11.7 Å². The number of carbonyl (C=O) groups excluding carboxylic acids is 1. The number of rotatable bonds is 5. The van der Waals surface area contributed by atoms with Crippen molar-refractivity contribution >= 4 is 11.7 Å². The van der Waals surface area contributed by atoms with Crippen LogP contribution in [0.15, 0.2) is 53.1 Å². The van der Waals surface area contributed by atoms with Crippen LogP contribution in [-0.2, 0) is 6.54 Å². The molecule has 0 radical (unpaired) electrons. The summed E-state index contributed by atoms with van der Waals surface area (Å²) in [5.41, 5.74) is 2.39. The van der Waals surface area contributed by atoms with Gasteiger partial charge < -0.3 is 19.9 Å². The Labute approximate surface area is 145 Å². The van der Waals surface area contributed by atoms with E-state index in [2.05, 4.69) is 20.8 Å². The summed E-state index contributed by atoms with van der Waals surface area (Å²) in [6.45, 7) is 2.14. The third-order valence-electron chi connectivity index (χ3n) is 3.52. The lowest BCUT2D eigenvalue weighted by atomic mass is 10.2. The Morgan fingerprint density at radius 3 is 2.68 bits per heavy atom. The molecule has 0 aliphatic carbocycles. The first kappa shape index (κ1) is 16.5. The van der Waals surface area contributed by atoms with Crippen LogP contribution >= 0.6 is 0 Å². The van der Waals surface area contributed by atoms with Crippen LogP contribution in [0.25, 0.3) is 11.4 Å². The molecule has 0 fully saturated rings. The second-order valence-electron chi connectivity index (χ2n) is 5.37. The summed E-state index contributed by atoms with van der Waals surface area (Å²) in [6, 6.07) is 14.5. The Morgan fingerprint density at radius 2 is 2.00 bits per heavy atom.